The summed E-state index contributed by atoms with van der Waals surface area (Å²) in [5.41, 5.74) is 3.72. The molecule has 0 bridgehead atoms. The number of nitro benzene ring substituents is 1. The molecule has 0 fully saturated rings. The van der Waals surface area contributed by atoms with Crippen molar-refractivity contribution in [2.75, 3.05) is 12.4 Å². The van der Waals surface area contributed by atoms with Gasteiger partial charge in [-0.25, -0.2) is 0 Å². The molecule has 0 spiro atoms. The molecule has 3 aromatic carbocycles. The van der Waals surface area contributed by atoms with Crippen molar-refractivity contribution in [1.82, 2.24) is 15.0 Å². The highest BCUT2D eigenvalue weighted by Gasteiger charge is 2.18. The van der Waals surface area contributed by atoms with E-state index >= 15 is 0 Å². The van der Waals surface area contributed by atoms with Crippen molar-refractivity contribution in [1.29, 1.82) is 0 Å². The van der Waals surface area contributed by atoms with Gasteiger partial charge in [0.25, 0.3) is 5.91 Å². The van der Waals surface area contributed by atoms with Gasteiger partial charge in [0.2, 0.25) is 0 Å². The first-order valence-electron chi connectivity index (χ1n) is 9.97. The van der Waals surface area contributed by atoms with Gasteiger partial charge in [-0.1, -0.05) is 26.0 Å². The number of anilines is 1. The minimum absolute atomic E-state index is 0.0889. The van der Waals surface area contributed by atoms with Crippen LogP contribution < -0.4 is 10.1 Å². The van der Waals surface area contributed by atoms with Gasteiger partial charge < -0.3 is 10.1 Å². The number of aromatic nitrogens is 3. The molecule has 32 heavy (non-hydrogen) atoms. The molecule has 0 saturated heterocycles. The number of amides is 1. The van der Waals surface area contributed by atoms with Crippen LogP contribution >= 0.6 is 0 Å². The van der Waals surface area contributed by atoms with E-state index in [-0.39, 0.29) is 17.0 Å². The van der Waals surface area contributed by atoms with Crippen LogP contribution in [0.2, 0.25) is 0 Å². The maximum Gasteiger partial charge on any atom is 0.311 e. The van der Waals surface area contributed by atoms with Crippen molar-refractivity contribution in [3.63, 3.8) is 0 Å². The lowest BCUT2D eigenvalue weighted by Gasteiger charge is -2.07. The Morgan fingerprint density at radius 1 is 1.03 bits per heavy atom. The number of nitrogens with one attached hydrogen (secondary N) is 1. The van der Waals surface area contributed by atoms with Crippen LogP contribution in [0.5, 0.6) is 5.75 Å². The summed E-state index contributed by atoms with van der Waals surface area (Å²) >= 11 is 0. The predicted octanol–water partition coefficient (Wildman–Crippen LogP) is 4.71. The maximum atomic E-state index is 12.6. The summed E-state index contributed by atoms with van der Waals surface area (Å²) < 4.78 is 4.97. The van der Waals surface area contributed by atoms with Crippen LogP contribution in [0.25, 0.3) is 16.7 Å². The van der Waals surface area contributed by atoms with E-state index in [4.69, 9.17) is 4.74 Å². The highest BCUT2D eigenvalue weighted by molar-refractivity contribution is 6.05. The fraction of sp³-hybridized carbons (Fsp3) is 0.174. The van der Waals surface area contributed by atoms with Crippen molar-refractivity contribution in [2.24, 2.45) is 0 Å². The van der Waals surface area contributed by atoms with Crippen LogP contribution in [0, 0.1) is 10.1 Å². The van der Waals surface area contributed by atoms with Crippen LogP contribution in [-0.2, 0) is 0 Å². The molecule has 4 rings (SSSR count). The number of fused-ring (bicyclic) bond motifs is 1. The zero-order chi connectivity index (χ0) is 22.8. The minimum atomic E-state index is -0.590. The molecule has 0 aliphatic heterocycles. The lowest BCUT2D eigenvalue weighted by Crippen LogP contribution is -2.12. The molecule has 9 nitrogen and oxygen atoms in total. The molecule has 0 atom stereocenters. The second kappa shape index (κ2) is 8.46. The molecular weight excluding hydrogens is 410 g/mol. The fourth-order valence-corrected chi connectivity index (χ4v) is 3.28. The summed E-state index contributed by atoms with van der Waals surface area (Å²) in [4.78, 5) is 24.8. The third-order valence-corrected chi connectivity index (χ3v) is 5.07. The number of rotatable bonds is 6. The van der Waals surface area contributed by atoms with Crippen LogP contribution in [0.1, 0.15) is 35.7 Å². The lowest BCUT2D eigenvalue weighted by atomic mass is 10.0. The Morgan fingerprint density at radius 3 is 2.41 bits per heavy atom. The largest absolute Gasteiger partial charge is 0.490 e. The molecule has 1 aromatic heterocycles. The molecule has 0 radical (unpaired) electrons. The van der Waals surface area contributed by atoms with Gasteiger partial charge in [-0.2, -0.15) is 4.80 Å². The number of methoxy groups -OCH3 is 1. The molecular formula is C23H21N5O4. The van der Waals surface area contributed by atoms with Crippen molar-refractivity contribution in [3.8, 4) is 11.4 Å². The highest BCUT2D eigenvalue weighted by atomic mass is 16.6. The van der Waals surface area contributed by atoms with Crippen molar-refractivity contribution < 1.29 is 14.5 Å². The monoisotopic (exact) mass is 431 g/mol. The van der Waals surface area contributed by atoms with Gasteiger partial charge in [0, 0.05) is 17.3 Å². The normalized spacial score (nSPS) is 11.0. The molecule has 0 aliphatic rings. The fourth-order valence-electron chi connectivity index (χ4n) is 3.28. The average molecular weight is 431 g/mol. The third kappa shape index (κ3) is 4.13. The number of hydrogen-bond donors (Lipinski definition) is 1. The second-order valence-electron chi connectivity index (χ2n) is 7.54. The Morgan fingerprint density at radius 2 is 1.75 bits per heavy atom. The molecule has 0 saturated carbocycles. The van der Waals surface area contributed by atoms with E-state index in [1.165, 1.54) is 30.9 Å². The molecule has 9 heteroatoms. The van der Waals surface area contributed by atoms with Crippen molar-refractivity contribution in [3.05, 3.63) is 81.9 Å². The zero-order valence-electron chi connectivity index (χ0n) is 17.8. The molecule has 4 aromatic rings. The van der Waals surface area contributed by atoms with Gasteiger partial charge in [0.15, 0.2) is 5.75 Å². The Labute approximate surface area is 183 Å². The van der Waals surface area contributed by atoms with Crippen LogP contribution in [-0.4, -0.2) is 32.9 Å². The summed E-state index contributed by atoms with van der Waals surface area (Å²) in [5, 5.41) is 22.9. The lowest BCUT2D eigenvalue weighted by molar-refractivity contribution is -0.385. The third-order valence-electron chi connectivity index (χ3n) is 5.07. The number of hydrogen-bond acceptors (Lipinski definition) is 6. The van der Waals surface area contributed by atoms with E-state index in [1.807, 2.05) is 24.3 Å². The average Bonchev–Trinajstić information content (AvgIpc) is 3.22. The van der Waals surface area contributed by atoms with E-state index < -0.39 is 10.8 Å². The maximum absolute atomic E-state index is 12.6. The van der Waals surface area contributed by atoms with Gasteiger partial charge in [0.05, 0.1) is 17.7 Å². The van der Waals surface area contributed by atoms with Crippen LogP contribution in [0.4, 0.5) is 11.4 Å². The number of nitro groups is 1. The van der Waals surface area contributed by atoms with E-state index in [0.717, 1.165) is 5.69 Å². The minimum Gasteiger partial charge on any atom is -0.490 e. The Kier molecular flexibility index (Phi) is 5.55. The standard InChI is InChI=1S/C23H21N5O4/c1-14(2)15-4-8-18(9-5-15)27-25-19-10-7-17(13-20(19)26-27)24-23(29)16-6-11-22(32-3)21(12-16)28(30)31/h4-14H,1-3H3,(H,24,29). The van der Waals surface area contributed by atoms with Gasteiger partial charge in [-0.3, -0.25) is 14.9 Å². The van der Waals surface area contributed by atoms with Crippen LogP contribution in [0.3, 0.4) is 0 Å². The quantitative estimate of drug-likeness (QED) is 0.349. The summed E-state index contributed by atoms with van der Waals surface area (Å²) in [6.45, 7) is 4.27. The Hall–Kier alpha value is -4.27. The summed E-state index contributed by atoms with van der Waals surface area (Å²) in [7, 11) is 1.34. The van der Waals surface area contributed by atoms with Gasteiger partial charge >= 0.3 is 5.69 Å². The van der Waals surface area contributed by atoms with Gasteiger partial charge in [-0.15, -0.1) is 10.2 Å². The molecule has 1 heterocycles. The predicted molar refractivity (Wildman–Crippen MR) is 121 cm³/mol. The highest BCUT2D eigenvalue weighted by Crippen LogP contribution is 2.28. The first-order chi connectivity index (χ1) is 15.4. The molecule has 1 amide bonds. The summed E-state index contributed by atoms with van der Waals surface area (Å²) in [6.07, 6.45) is 0. The van der Waals surface area contributed by atoms with E-state index in [2.05, 4.69) is 29.4 Å². The topological polar surface area (TPSA) is 112 Å². The first kappa shape index (κ1) is 21.0. The summed E-state index contributed by atoms with van der Waals surface area (Å²) in [5.74, 6) is 0.0461. The second-order valence-corrected chi connectivity index (χ2v) is 7.54. The zero-order valence-corrected chi connectivity index (χ0v) is 17.8. The van der Waals surface area contributed by atoms with Crippen LogP contribution in [0.15, 0.2) is 60.7 Å². The number of benzene rings is 3. The SMILES string of the molecule is COc1ccc(C(=O)Nc2ccc3nn(-c4ccc(C(C)C)cc4)nc3c2)cc1[N+](=O)[O-]. The van der Waals surface area contributed by atoms with Gasteiger partial charge in [-0.05, 0) is 53.9 Å². The van der Waals surface area contributed by atoms with Gasteiger partial charge in [0.1, 0.15) is 11.0 Å². The van der Waals surface area contributed by atoms with Crippen molar-refractivity contribution in [2.45, 2.75) is 19.8 Å². The summed E-state index contributed by atoms with van der Waals surface area (Å²) in [6, 6.07) is 17.2. The van der Waals surface area contributed by atoms with E-state index in [1.54, 1.807) is 23.0 Å². The first-order valence-corrected chi connectivity index (χ1v) is 9.97. The smallest absolute Gasteiger partial charge is 0.311 e. The number of carbonyl (C=O) groups excluding carboxylic acids is 1. The number of carbonyl (C=O) groups is 1. The number of ether oxygens (including phenoxy) is 1. The molecule has 1 N–H and O–H groups in total. The van der Waals surface area contributed by atoms with E-state index in [0.29, 0.717) is 22.6 Å². The Balaban J connectivity index is 1.57. The molecule has 0 unspecified atom stereocenters. The van der Waals surface area contributed by atoms with E-state index in [9.17, 15) is 14.9 Å². The van der Waals surface area contributed by atoms with Crippen molar-refractivity contribution >= 4 is 28.3 Å². The molecule has 162 valence electrons. The molecule has 0 aliphatic carbocycles. The Bertz CT molecular complexity index is 1310. The number of nitrogens with zero attached hydrogens (tertiary/aromatic N) is 4.